The minimum atomic E-state index is -1.15. The van der Waals surface area contributed by atoms with Gasteiger partial charge in [-0.2, -0.15) is 5.26 Å². The highest BCUT2D eigenvalue weighted by Gasteiger charge is 2.22. The zero-order valence-corrected chi connectivity index (χ0v) is 28.0. The van der Waals surface area contributed by atoms with E-state index in [0.29, 0.717) is 27.8 Å². The van der Waals surface area contributed by atoms with E-state index in [1.807, 2.05) is 91.0 Å². The molecule has 0 saturated heterocycles. The smallest absolute Gasteiger partial charge is 0.316 e. The number of ether oxygens (including phenoxy) is 2. The number of hydrogen-bond donors (Lipinski definition) is 0. The zero-order chi connectivity index (χ0) is 32.2. The summed E-state index contributed by atoms with van der Waals surface area (Å²) in [7, 11) is -1.15. The van der Waals surface area contributed by atoms with Crippen molar-refractivity contribution in [3.05, 3.63) is 102 Å². The van der Waals surface area contributed by atoms with E-state index in [9.17, 15) is 14.3 Å². The van der Waals surface area contributed by atoms with Gasteiger partial charge in [-0.3, -0.25) is 9.00 Å². The third kappa shape index (κ3) is 10.0. The lowest BCUT2D eigenvalue weighted by Gasteiger charge is -2.21. The van der Waals surface area contributed by atoms with E-state index in [-0.39, 0.29) is 23.5 Å². The Morgan fingerprint density at radius 3 is 2.22 bits per heavy atom. The minimum absolute atomic E-state index is 0.0210. The molecule has 1 aromatic heterocycles. The fraction of sp³-hybridized carbons (Fsp3) is 0.324. The molecule has 8 heteroatoms. The van der Waals surface area contributed by atoms with E-state index in [4.69, 9.17) is 14.5 Å². The van der Waals surface area contributed by atoms with Crippen LogP contribution in [0, 0.1) is 11.3 Å². The number of aromatic nitrogens is 1. The summed E-state index contributed by atoms with van der Waals surface area (Å²) in [6, 6.07) is 31.5. The SMILES string of the molecule is CCCCS(=O)CC(COc1ccc(C(C)(C)C)cc1)OC(=O)CSc1nc(-c2ccccc2)cc(-c2ccccc2)c1C#N. The first-order valence-electron chi connectivity index (χ1n) is 15.1. The van der Waals surface area contributed by atoms with Crippen LogP contribution in [0.2, 0.25) is 0 Å². The monoisotopic (exact) mass is 640 g/mol. The van der Waals surface area contributed by atoms with Gasteiger partial charge in [-0.25, -0.2) is 4.98 Å². The Labute approximate surface area is 273 Å². The maximum Gasteiger partial charge on any atom is 0.316 e. The third-order valence-electron chi connectivity index (χ3n) is 7.13. The molecule has 0 aliphatic heterocycles. The molecule has 0 N–H and O–H groups in total. The average molecular weight is 641 g/mol. The molecule has 0 saturated carbocycles. The molecular formula is C37H40N2O4S2. The molecule has 6 nitrogen and oxygen atoms in total. The van der Waals surface area contributed by atoms with Gasteiger partial charge < -0.3 is 9.47 Å². The Morgan fingerprint density at radius 1 is 0.978 bits per heavy atom. The van der Waals surface area contributed by atoms with Crippen LogP contribution in [0.4, 0.5) is 0 Å². The molecule has 0 aliphatic rings. The van der Waals surface area contributed by atoms with Crippen LogP contribution in [-0.4, -0.2) is 45.1 Å². The first-order chi connectivity index (χ1) is 21.7. The number of hydrogen-bond acceptors (Lipinski definition) is 7. The summed E-state index contributed by atoms with van der Waals surface area (Å²) >= 11 is 1.17. The number of thioether (sulfide) groups is 1. The van der Waals surface area contributed by atoms with Crippen molar-refractivity contribution < 1.29 is 18.5 Å². The Bertz CT molecular complexity index is 1610. The van der Waals surface area contributed by atoms with Crippen molar-refractivity contribution in [2.24, 2.45) is 0 Å². The van der Waals surface area contributed by atoms with Gasteiger partial charge in [-0.1, -0.05) is 119 Å². The minimum Gasteiger partial charge on any atom is -0.490 e. The number of benzene rings is 3. The van der Waals surface area contributed by atoms with E-state index >= 15 is 0 Å². The maximum absolute atomic E-state index is 13.2. The fourth-order valence-corrected chi connectivity index (χ4v) is 6.78. The summed E-state index contributed by atoms with van der Waals surface area (Å²) < 4.78 is 24.6. The quantitative estimate of drug-likeness (QED) is 0.101. The molecule has 3 aromatic carbocycles. The lowest BCUT2D eigenvalue weighted by Crippen LogP contribution is -2.32. The summed E-state index contributed by atoms with van der Waals surface area (Å²) in [6.45, 7) is 8.59. The average Bonchev–Trinajstić information content (AvgIpc) is 3.05. The summed E-state index contributed by atoms with van der Waals surface area (Å²) in [4.78, 5) is 18.0. The van der Waals surface area contributed by atoms with Crippen LogP contribution in [0.25, 0.3) is 22.4 Å². The second-order valence-corrected chi connectivity index (χ2v) is 14.3. The normalized spacial score (nSPS) is 12.6. The highest BCUT2D eigenvalue weighted by Crippen LogP contribution is 2.34. The van der Waals surface area contributed by atoms with Crippen LogP contribution in [0.3, 0.4) is 0 Å². The van der Waals surface area contributed by atoms with Gasteiger partial charge in [0, 0.05) is 27.7 Å². The van der Waals surface area contributed by atoms with Gasteiger partial charge >= 0.3 is 5.97 Å². The van der Waals surface area contributed by atoms with Crippen molar-refractivity contribution in [2.75, 3.05) is 23.9 Å². The molecule has 0 fully saturated rings. The molecule has 0 bridgehead atoms. The molecule has 4 rings (SSSR count). The van der Waals surface area contributed by atoms with Crippen LogP contribution in [0.5, 0.6) is 5.75 Å². The van der Waals surface area contributed by atoms with Crippen LogP contribution < -0.4 is 4.74 Å². The summed E-state index contributed by atoms with van der Waals surface area (Å²) in [5.74, 6) is 0.851. The third-order valence-corrected chi connectivity index (χ3v) is 9.57. The lowest BCUT2D eigenvalue weighted by atomic mass is 9.87. The van der Waals surface area contributed by atoms with Crippen molar-refractivity contribution in [2.45, 2.75) is 57.1 Å². The number of rotatable bonds is 14. The number of nitriles is 1. The lowest BCUT2D eigenvalue weighted by molar-refractivity contribution is -0.146. The van der Waals surface area contributed by atoms with E-state index in [1.54, 1.807) is 0 Å². The predicted octanol–water partition coefficient (Wildman–Crippen LogP) is 8.22. The molecule has 0 amide bonds. The van der Waals surface area contributed by atoms with Gasteiger partial charge in [-0.05, 0) is 41.2 Å². The number of pyridine rings is 1. The molecule has 4 aromatic rings. The van der Waals surface area contributed by atoms with Crippen molar-refractivity contribution in [3.8, 4) is 34.2 Å². The number of esters is 1. The van der Waals surface area contributed by atoms with Crippen LogP contribution in [-0.2, 0) is 25.7 Å². The largest absolute Gasteiger partial charge is 0.490 e. The molecule has 1 heterocycles. The second kappa shape index (κ2) is 16.4. The Kier molecular flexibility index (Phi) is 12.4. The standard InChI is InChI=1S/C37H40N2O4S2/c1-5-6-21-45(41)26-31(24-42-30-19-17-29(18-20-30)37(2,3)4)43-35(40)25-44-36-33(23-38)32(27-13-9-7-10-14-27)22-34(39-36)28-15-11-8-12-16-28/h7-20,22,31H,5-6,21,24-26H2,1-4H3. The van der Waals surface area contributed by atoms with Crippen molar-refractivity contribution in [1.82, 2.24) is 4.98 Å². The first kappa shape index (κ1) is 34.0. The van der Waals surface area contributed by atoms with Crippen molar-refractivity contribution in [3.63, 3.8) is 0 Å². The second-order valence-electron chi connectivity index (χ2n) is 11.7. The Morgan fingerprint density at radius 2 is 1.62 bits per heavy atom. The van der Waals surface area contributed by atoms with E-state index in [1.165, 1.54) is 17.3 Å². The molecule has 0 radical (unpaired) electrons. The molecule has 2 atom stereocenters. The van der Waals surface area contributed by atoms with Gasteiger partial charge in [0.2, 0.25) is 0 Å². The highest BCUT2D eigenvalue weighted by atomic mass is 32.2. The molecule has 2 unspecified atom stereocenters. The van der Waals surface area contributed by atoms with Gasteiger partial charge in [0.15, 0.2) is 0 Å². The highest BCUT2D eigenvalue weighted by molar-refractivity contribution is 8.00. The summed E-state index contributed by atoms with van der Waals surface area (Å²) in [5, 5.41) is 10.6. The molecule has 45 heavy (non-hydrogen) atoms. The van der Waals surface area contributed by atoms with Crippen LogP contribution >= 0.6 is 11.8 Å². The van der Waals surface area contributed by atoms with Gasteiger partial charge in [0.25, 0.3) is 0 Å². The maximum atomic E-state index is 13.2. The van der Waals surface area contributed by atoms with Gasteiger partial charge in [-0.15, -0.1) is 0 Å². The predicted molar refractivity (Wildman–Crippen MR) is 184 cm³/mol. The zero-order valence-electron chi connectivity index (χ0n) is 26.3. The molecule has 0 spiro atoms. The van der Waals surface area contributed by atoms with Crippen molar-refractivity contribution >= 4 is 28.5 Å². The topological polar surface area (TPSA) is 89.3 Å². The van der Waals surface area contributed by atoms with Crippen molar-refractivity contribution in [1.29, 1.82) is 5.26 Å². The first-order valence-corrected chi connectivity index (χ1v) is 17.6. The van der Waals surface area contributed by atoms with Gasteiger partial charge in [0.05, 0.1) is 22.8 Å². The Balaban J connectivity index is 1.51. The number of nitrogens with zero attached hydrogens (tertiary/aromatic N) is 2. The number of carbonyl (C=O) groups excluding carboxylic acids is 1. The van der Waals surface area contributed by atoms with E-state index in [2.05, 4.69) is 33.8 Å². The number of unbranched alkanes of at least 4 members (excludes halogenated alkanes) is 1. The summed E-state index contributed by atoms with van der Waals surface area (Å²) in [6.07, 6.45) is 1.09. The van der Waals surface area contributed by atoms with E-state index < -0.39 is 22.9 Å². The van der Waals surface area contributed by atoms with Crippen LogP contribution in [0.1, 0.15) is 51.7 Å². The summed E-state index contributed by atoms with van der Waals surface area (Å²) in [5.41, 5.74) is 4.86. The molecule has 0 aliphatic carbocycles. The van der Waals surface area contributed by atoms with Gasteiger partial charge in [0.1, 0.15) is 29.6 Å². The molecule has 234 valence electrons. The fourth-order valence-electron chi connectivity index (χ4n) is 4.64. The Hall–Kier alpha value is -3.93. The number of carbonyl (C=O) groups is 1. The van der Waals surface area contributed by atoms with Crippen LogP contribution in [0.15, 0.2) is 96.0 Å². The van der Waals surface area contributed by atoms with E-state index in [0.717, 1.165) is 29.5 Å². The molecular weight excluding hydrogens is 601 g/mol.